The van der Waals surface area contributed by atoms with Crippen molar-refractivity contribution in [3.8, 4) is 0 Å². The molecule has 2 atom stereocenters. The first-order valence-corrected chi connectivity index (χ1v) is 8.35. The fourth-order valence-electron chi connectivity index (χ4n) is 3.35. The number of aryl methyl sites for hydroxylation is 1. The molecule has 1 fully saturated rings. The van der Waals surface area contributed by atoms with Crippen LogP contribution in [0.1, 0.15) is 37.0 Å². The van der Waals surface area contributed by atoms with Gasteiger partial charge in [-0.25, -0.2) is 4.98 Å². The van der Waals surface area contributed by atoms with Crippen molar-refractivity contribution in [2.45, 2.75) is 39.1 Å². The Kier molecular flexibility index (Phi) is 4.23. The van der Waals surface area contributed by atoms with Gasteiger partial charge < -0.3 is 9.47 Å². The largest absolute Gasteiger partial charge is 0.326 e. The third-order valence-electron chi connectivity index (χ3n) is 4.55. The van der Waals surface area contributed by atoms with Crippen LogP contribution < -0.4 is 0 Å². The first kappa shape index (κ1) is 14.9. The molecule has 3 nitrogen and oxygen atoms in total. The maximum absolute atomic E-state index is 6.37. The highest BCUT2D eigenvalue weighted by Gasteiger charge is 2.24. The summed E-state index contributed by atoms with van der Waals surface area (Å²) in [5.74, 6) is 1.71. The van der Waals surface area contributed by atoms with E-state index in [0.717, 1.165) is 24.4 Å². The molecule has 1 aliphatic rings. The number of likely N-dealkylation sites (tertiary alicyclic amines) is 1. The van der Waals surface area contributed by atoms with E-state index >= 15 is 0 Å². The smallest absolute Gasteiger partial charge is 0.127 e. The van der Waals surface area contributed by atoms with Crippen molar-refractivity contribution >= 4 is 22.6 Å². The minimum atomic E-state index is -0.0543. The molecule has 2 heterocycles. The number of aromatic nitrogens is 2. The summed E-state index contributed by atoms with van der Waals surface area (Å²) in [6, 6.07) is 6.46. The molecule has 1 aliphatic heterocycles. The summed E-state index contributed by atoms with van der Waals surface area (Å²) < 4.78 is 2.35. The second-order valence-electron chi connectivity index (χ2n) is 6.24. The van der Waals surface area contributed by atoms with Gasteiger partial charge >= 0.3 is 0 Å². The third-order valence-corrected chi connectivity index (χ3v) is 4.74. The molecule has 0 N–H and O–H groups in total. The quantitative estimate of drug-likeness (QED) is 0.797. The van der Waals surface area contributed by atoms with Crippen LogP contribution in [-0.4, -0.2) is 34.1 Å². The zero-order valence-electron chi connectivity index (χ0n) is 13.1. The summed E-state index contributed by atoms with van der Waals surface area (Å²) in [5.41, 5.74) is 3.57. The molecule has 0 aliphatic carbocycles. The standard InChI is InChI=1S/C17H24ClN3/c1-4-20-8-7-14(10-20)11-21-16-9-12(2)5-6-15(16)19-17(21)13(3)18/h5-6,9,13-14H,4,7-8,10-11H2,1-3H3. The molecular weight excluding hydrogens is 282 g/mol. The summed E-state index contributed by atoms with van der Waals surface area (Å²) >= 11 is 6.37. The second kappa shape index (κ2) is 5.98. The van der Waals surface area contributed by atoms with E-state index in [1.54, 1.807) is 0 Å². The molecule has 21 heavy (non-hydrogen) atoms. The lowest BCUT2D eigenvalue weighted by Crippen LogP contribution is -2.21. The fourth-order valence-corrected chi connectivity index (χ4v) is 3.52. The summed E-state index contributed by atoms with van der Waals surface area (Å²) in [7, 11) is 0. The van der Waals surface area contributed by atoms with Gasteiger partial charge in [-0.1, -0.05) is 13.0 Å². The molecule has 0 amide bonds. The van der Waals surface area contributed by atoms with Crippen molar-refractivity contribution in [1.82, 2.24) is 14.5 Å². The molecule has 4 heteroatoms. The Hall–Kier alpha value is -1.06. The highest BCUT2D eigenvalue weighted by Crippen LogP contribution is 2.28. The minimum Gasteiger partial charge on any atom is -0.326 e. The van der Waals surface area contributed by atoms with Gasteiger partial charge in [0.15, 0.2) is 0 Å². The Bertz CT molecular complexity index is 632. The second-order valence-corrected chi connectivity index (χ2v) is 6.89. The van der Waals surface area contributed by atoms with E-state index in [0.29, 0.717) is 5.92 Å². The number of benzene rings is 1. The number of imidazole rings is 1. The number of alkyl halides is 1. The molecule has 0 spiro atoms. The highest BCUT2D eigenvalue weighted by atomic mass is 35.5. The van der Waals surface area contributed by atoms with E-state index in [2.05, 4.69) is 41.5 Å². The zero-order valence-corrected chi connectivity index (χ0v) is 13.9. The van der Waals surface area contributed by atoms with Gasteiger partial charge in [0, 0.05) is 13.1 Å². The van der Waals surface area contributed by atoms with Crippen LogP contribution in [0.3, 0.4) is 0 Å². The molecule has 1 saturated heterocycles. The first-order chi connectivity index (χ1) is 10.1. The van der Waals surface area contributed by atoms with Crippen molar-refractivity contribution in [2.75, 3.05) is 19.6 Å². The molecule has 2 unspecified atom stereocenters. The van der Waals surface area contributed by atoms with E-state index in [4.69, 9.17) is 16.6 Å². The normalized spacial score (nSPS) is 21.2. The van der Waals surface area contributed by atoms with Crippen molar-refractivity contribution in [3.05, 3.63) is 29.6 Å². The van der Waals surface area contributed by atoms with Gasteiger partial charge in [-0.05, 0) is 57.0 Å². The lowest BCUT2D eigenvalue weighted by molar-refractivity contribution is 0.332. The van der Waals surface area contributed by atoms with Crippen LogP contribution in [0.2, 0.25) is 0 Å². The van der Waals surface area contributed by atoms with Crippen LogP contribution in [0, 0.1) is 12.8 Å². The lowest BCUT2D eigenvalue weighted by Gasteiger charge is -2.16. The highest BCUT2D eigenvalue weighted by molar-refractivity contribution is 6.20. The Labute approximate surface area is 131 Å². The van der Waals surface area contributed by atoms with Gasteiger partial charge in [0.25, 0.3) is 0 Å². The molecule has 0 bridgehead atoms. The van der Waals surface area contributed by atoms with Crippen molar-refractivity contribution in [2.24, 2.45) is 5.92 Å². The minimum absolute atomic E-state index is 0.0543. The molecule has 1 aromatic carbocycles. The average Bonchev–Trinajstić information content (AvgIpc) is 3.04. The number of halogens is 1. The lowest BCUT2D eigenvalue weighted by atomic mass is 10.1. The van der Waals surface area contributed by atoms with Crippen molar-refractivity contribution < 1.29 is 0 Å². The molecule has 3 rings (SSSR count). The molecule has 0 saturated carbocycles. The fraction of sp³-hybridized carbons (Fsp3) is 0.588. The van der Waals surface area contributed by atoms with E-state index in [9.17, 15) is 0 Å². The van der Waals surface area contributed by atoms with Gasteiger partial charge in [0.2, 0.25) is 0 Å². The molecular formula is C17H24ClN3. The summed E-state index contributed by atoms with van der Waals surface area (Å²) in [4.78, 5) is 7.28. The van der Waals surface area contributed by atoms with Gasteiger partial charge in [0.1, 0.15) is 5.82 Å². The molecule has 114 valence electrons. The van der Waals surface area contributed by atoms with Gasteiger partial charge in [-0.2, -0.15) is 0 Å². The molecule has 0 radical (unpaired) electrons. The maximum atomic E-state index is 6.37. The Morgan fingerprint density at radius 2 is 2.24 bits per heavy atom. The van der Waals surface area contributed by atoms with Gasteiger partial charge in [-0.3, -0.25) is 0 Å². The maximum Gasteiger partial charge on any atom is 0.127 e. The first-order valence-electron chi connectivity index (χ1n) is 7.91. The number of rotatable bonds is 4. The van der Waals surface area contributed by atoms with Gasteiger partial charge in [0.05, 0.1) is 16.4 Å². The number of hydrogen-bond acceptors (Lipinski definition) is 2. The Morgan fingerprint density at radius 1 is 1.43 bits per heavy atom. The van der Waals surface area contributed by atoms with Crippen molar-refractivity contribution in [3.63, 3.8) is 0 Å². The Morgan fingerprint density at radius 3 is 2.90 bits per heavy atom. The van der Waals surface area contributed by atoms with Crippen molar-refractivity contribution in [1.29, 1.82) is 0 Å². The monoisotopic (exact) mass is 305 g/mol. The zero-order chi connectivity index (χ0) is 15.0. The van der Waals surface area contributed by atoms with E-state index in [-0.39, 0.29) is 5.38 Å². The summed E-state index contributed by atoms with van der Waals surface area (Å²) in [6.45, 7) is 11.0. The van der Waals surface area contributed by atoms with Crippen LogP contribution in [0.4, 0.5) is 0 Å². The van der Waals surface area contributed by atoms with Crippen LogP contribution in [0.15, 0.2) is 18.2 Å². The predicted octanol–water partition coefficient (Wildman–Crippen LogP) is 3.99. The number of hydrogen-bond donors (Lipinski definition) is 0. The average molecular weight is 306 g/mol. The summed E-state index contributed by atoms with van der Waals surface area (Å²) in [6.07, 6.45) is 1.27. The van der Waals surface area contributed by atoms with Crippen LogP contribution in [-0.2, 0) is 6.54 Å². The van der Waals surface area contributed by atoms with E-state index in [1.807, 2.05) is 6.92 Å². The predicted molar refractivity (Wildman–Crippen MR) is 89.0 cm³/mol. The van der Waals surface area contributed by atoms with E-state index in [1.165, 1.54) is 30.6 Å². The number of nitrogens with zero attached hydrogens (tertiary/aromatic N) is 3. The van der Waals surface area contributed by atoms with E-state index < -0.39 is 0 Å². The van der Waals surface area contributed by atoms with Gasteiger partial charge in [-0.15, -0.1) is 11.6 Å². The third kappa shape index (κ3) is 2.95. The van der Waals surface area contributed by atoms with Crippen LogP contribution >= 0.6 is 11.6 Å². The summed E-state index contributed by atoms with van der Waals surface area (Å²) in [5, 5.41) is -0.0543. The topological polar surface area (TPSA) is 21.1 Å². The van der Waals surface area contributed by atoms with Crippen LogP contribution in [0.25, 0.3) is 11.0 Å². The molecule has 1 aromatic heterocycles. The van der Waals surface area contributed by atoms with Crippen LogP contribution in [0.5, 0.6) is 0 Å². The molecule has 2 aromatic rings. The number of fused-ring (bicyclic) bond motifs is 1. The Balaban J connectivity index is 1.95. The SMILES string of the molecule is CCN1CCC(Cn2c(C(C)Cl)nc3ccc(C)cc32)C1.